The maximum atomic E-state index is 5.94. The Morgan fingerprint density at radius 1 is 0.941 bits per heavy atom. The minimum atomic E-state index is 0.821. The summed E-state index contributed by atoms with van der Waals surface area (Å²) in [4.78, 5) is 9.40. The lowest BCUT2D eigenvalue weighted by Crippen LogP contribution is -1.63. The van der Waals surface area contributed by atoms with Gasteiger partial charge >= 0.3 is 0 Å². The molecule has 0 spiro atoms. The third-order valence-electron chi connectivity index (χ3n) is 2.27. The number of aromatic nitrogens is 1. The van der Waals surface area contributed by atoms with Gasteiger partial charge in [0.05, 0.1) is 14.1 Å². The van der Waals surface area contributed by atoms with Crippen molar-refractivity contribution in [3.05, 3.63) is 39.7 Å². The van der Waals surface area contributed by atoms with Crippen LogP contribution >= 0.6 is 45.6 Å². The van der Waals surface area contributed by atoms with Gasteiger partial charge in [0.1, 0.15) is 5.01 Å². The molecule has 0 saturated heterocycles. The summed E-state index contributed by atoms with van der Waals surface area (Å²) in [6, 6.07) is 8.23. The van der Waals surface area contributed by atoms with E-state index in [4.69, 9.17) is 11.6 Å². The van der Waals surface area contributed by atoms with Gasteiger partial charge in [0.15, 0.2) is 0 Å². The minimum Gasteiger partial charge on any atom is -0.243 e. The van der Waals surface area contributed by atoms with Crippen LogP contribution < -0.4 is 0 Å². The molecule has 0 amide bonds. The molecular weight excluding hydrogens is 290 g/mol. The standard InChI is InChI=1S/C12H8ClNS3/c1-7-2-3-9(15-7)12-14-6-10(17-12)8-4-5-11(13)16-8/h2-6H,1H3. The molecule has 0 N–H and O–H groups in total. The van der Waals surface area contributed by atoms with Crippen molar-refractivity contribution in [3.8, 4) is 19.6 Å². The summed E-state index contributed by atoms with van der Waals surface area (Å²) in [7, 11) is 0. The molecule has 5 heteroatoms. The monoisotopic (exact) mass is 297 g/mol. The Hall–Kier alpha value is -0.680. The third-order valence-corrected chi connectivity index (χ3v) is 5.87. The fraction of sp³-hybridized carbons (Fsp3) is 0.0833. The zero-order chi connectivity index (χ0) is 11.8. The molecule has 0 aliphatic heterocycles. The van der Waals surface area contributed by atoms with Gasteiger partial charge in [0.2, 0.25) is 0 Å². The first-order valence-electron chi connectivity index (χ1n) is 5.01. The number of nitrogens with zero attached hydrogens (tertiary/aromatic N) is 1. The lowest BCUT2D eigenvalue weighted by atomic mass is 10.4. The zero-order valence-corrected chi connectivity index (χ0v) is 12.1. The summed E-state index contributed by atoms with van der Waals surface area (Å²) >= 11 is 11.0. The van der Waals surface area contributed by atoms with Crippen molar-refractivity contribution < 1.29 is 0 Å². The Morgan fingerprint density at radius 3 is 2.41 bits per heavy atom. The van der Waals surface area contributed by atoms with Gasteiger partial charge in [-0.15, -0.1) is 34.0 Å². The molecule has 0 fully saturated rings. The van der Waals surface area contributed by atoms with Crippen LogP contribution in [-0.4, -0.2) is 4.98 Å². The second-order valence-corrected chi connectivity index (χ2v) is 7.58. The topological polar surface area (TPSA) is 12.9 Å². The fourth-order valence-corrected chi connectivity index (χ4v) is 4.46. The number of rotatable bonds is 2. The summed E-state index contributed by atoms with van der Waals surface area (Å²) in [6.07, 6.45) is 1.93. The van der Waals surface area contributed by atoms with E-state index in [9.17, 15) is 0 Å². The lowest BCUT2D eigenvalue weighted by Gasteiger charge is -1.88. The van der Waals surface area contributed by atoms with Crippen molar-refractivity contribution in [2.75, 3.05) is 0 Å². The van der Waals surface area contributed by atoms with Crippen molar-refractivity contribution >= 4 is 45.6 Å². The highest BCUT2D eigenvalue weighted by molar-refractivity contribution is 7.27. The molecule has 86 valence electrons. The van der Waals surface area contributed by atoms with Crippen molar-refractivity contribution in [1.82, 2.24) is 4.98 Å². The second-order valence-electron chi connectivity index (χ2n) is 3.54. The maximum absolute atomic E-state index is 5.94. The molecule has 17 heavy (non-hydrogen) atoms. The predicted octanol–water partition coefficient (Wildman–Crippen LogP) is 5.56. The molecule has 0 unspecified atom stereocenters. The summed E-state index contributed by atoms with van der Waals surface area (Å²) in [5, 5.41) is 1.09. The Labute approximate surface area is 116 Å². The average Bonchev–Trinajstić information content (AvgIpc) is 2.96. The first-order valence-corrected chi connectivity index (χ1v) is 7.83. The van der Waals surface area contributed by atoms with E-state index in [0.717, 1.165) is 9.34 Å². The highest BCUT2D eigenvalue weighted by Crippen LogP contribution is 2.38. The van der Waals surface area contributed by atoms with E-state index in [1.54, 1.807) is 34.0 Å². The van der Waals surface area contributed by atoms with Crippen LogP contribution in [0, 0.1) is 6.92 Å². The van der Waals surface area contributed by atoms with E-state index < -0.39 is 0 Å². The molecule has 0 aromatic carbocycles. The molecule has 0 bridgehead atoms. The Morgan fingerprint density at radius 2 is 1.76 bits per heavy atom. The Bertz CT molecular complexity index is 595. The molecular formula is C12H8ClNS3. The molecule has 0 aliphatic rings. The van der Waals surface area contributed by atoms with Crippen LogP contribution in [-0.2, 0) is 0 Å². The fourth-order valence-electron chi connectivity index (χ4n) is 1.50. The quantitative estimate of drug-likeness (QED) is 0.603. The van der Waals surface area contributed by atoms with E-state index in [1.807, 2.05) is 18.3 Å². The minimum absolute atomic E-state index is 0.821. The zero-order valence-electron chi connectivity index (χ0n) is 8.94. The van der Waals surface area contributed by atoms with E-state index in [-0.39, 0.29) is 0 Å². The van der Waals surface area contributed by atoms with Crippen molar-refractivity contribution in [2.24, 2.45) is 0 Å². The van der Waals surface area contributed by atoms with Crippen molar-refractivity contribution in [2.45, 2.75) is 6.92 Å². The molecule has 0 atom stereocenters. The average molecular weight is 298 g/mol. The maximum Gasteiger partial charge on any atom is 0.133 e. The van der Waals surface area contributed by atoms with E-state index in [0.29, 0.717) is 0 Å². The van der Waals surface area contributed by atoms with Crippen LogP contribution in [0.5, 0.6) is 0 Å². The normalized spacial score (nSPS) is 10.9. The van der Waals surface area contributed by atoms with Crippen LogP contribution in [0.1, 0.15) is 4.88 Å². The Kier molecular flexibility index (Phi) is 3.04. The lowest BCUT2D eigenvalue weighted by molar-refractivity contribution is 1.43. The molecule has 0 aliphatic carbocycles. The number of halogens is 1. The van der Waals surface area contributed by atoms with E-state index >= 15 is 0 Å². The van der Waals surface area contributed by atoms with Gasteiger partial charge in [-0.2, -0.15) is 0 Å². The smallest absolute Gasteiger partial charge is 0.133 e. The van der Waals surface area contributed by atoms with Gasteiger partial charge in [-0.3, -0.25) is 0 Å². The number of aryl methyl sites for hydroxylation is 1. The summed E-state index contributed by atoms with van der Waals surface area (Å²) in [5.41, 5.74) is 0. The van der Waals surface area contributed by atoms with Gasteiger partial charge in [-0.05, 0) is 31.2 Å². The van der Waals surface area contributed by atoms with Gasteiger partial charge in [0.25, 0.3) is 0 Å². The molecule has 3 heterocycles. The molecule has 3 aromatic heterocycles. The summed E-state index contributed by atoms with van der Waals surface area (Å²) in [5.74, 6) is 0. The molecule has 0 radical (unpaired) electrons. The van der Waals surface area contributed by atoms with Crippen LogP contribution in [0.2, 0.25) is 4.34 Å². The predicted molar refractivity (Wildman–Crippen MR) is 78.5 cm³/mol. The largest absolute Gasteiger partial charge is 0.243 e. The summed E-state index contributed by atoms with van der Waals surface area (Å²) < 4.78 is 0.821. The first kappa shape index (κ1) is 11.4. The Balaban J connectivity index is 1.98. The second kappa shape index (κ2) is 4.53. The van der Waals surface area contributed by atoms with Crippen LogP contribution in [0.4, 0.5) is 0 Å². The highest BCUT2D eigenvalue weighted by atomic mass is 35.5. The van der Waals surface area contributed by atoms with Crippen molar-refractivity contribution in [1.29, 1.82) is 0 Å². The molecule has 1 nitrogen and oxygen atoms in total. The van der Waals surface area contributed by atoms with E-state index in [2.05, 4.69) is 24.0 Å². The number of thiophene rings is 2. The SMILES string of the molecule is Cc1ccc(-c2ncc(-c3ccc(Cl)s3)s2)s1. The van der Waals surface area contributed by atoms with E-state index in [1.165, 1.54) is 19.5 Å². The number of hydrogen-bond acceptors (Lipinski definition) is 4. The first-order chi connectivity index (χ1) is 8.22. The molecule has 3 aromatic rings. The third kappa shape index (κ3) is 2.31. The van der Waals surface area contributed by atoms with Crippen LogP contribution in [0.25, 0.3) is 19.6 Å². The molecule has 0 saturated carbocycles. The number of thiazole rings is 1. The van der Waals surface area contributed by atoms with Crippen molar-refractivity contribution in [3.63, 3.8) is 0 Å². The van der Waals surface area contributed by atoms with Gasteiger partial charge in [-0.1, -0.05) is 11.6 Å². The van der Waals surface area contributed by atoms with Gasteiger partial charge in [-0.25, -0.2) is 4.98 Å². The summed E-state index contributed by atoms with van der Waals surface area (Å²) in [6.45, 7) is 2.11. The van der Waals surface area contributed by atoms with Gasteiger partial charge in [0, 0.05) is 16.0 Å². The van der Waals surface area contributed by atoms with Crippen LogP contribution in [0.3, 0.4) is 0 Å². The van der Waals surface area contributed by atoms with Crippen LogP contribution in [0.15, 0.2) is 30.5 Å². The highest BCUT2D eigenvalue weighted by Gasteiger charge is 2.09. The number of hydrogen-bond donors (Lipinski definition) is 0. The van der Waals surface area contributed by atoms with Gasteiger partial charge < -0.3 is 0 Å². The molecule has 3 rings (SSSR count).